The SMILES string of the molecule is CS(=O)(=O)N1CCC(c2cnc3cc(CN4Cc5ccccc5C4)ccc3n2)CC1. The minimum absolute atomic E-state index is 0.266. The molecule has 0 bridgehead atoms. The lowest BCUT2D eigenvalue weighted by Crippen LogP contribution is -2.37. The third kappa shape index (κ3) is 3.97. The number of benzene rings is 2. The molecule has 2 aromatic carbocycles. The van der Waals surface area contributed by atoms with Crippen LogP contribution in [0, 0.1) is 0 Å². The van der Waals surface area contributed by atoms with Gasteiger partial charge in [0.1, 0.15) is 0 Å². The van der Waals surface area contributed by atoms with Gasteiger partial charge in [0.25, 0.3) is 0 Å². The van der Waals surface area contributed by atoms with E-state index < -0.39 is 10.0 Å². The van der Waals surface area contributed by atoms with E-state index in [0.29, 0.717) is 13.1 Å². The van der Waals surface area contributed by atoms with Crippen LogP contribution in [0.25, 0.3) is 11.0 Å². The molecule has 0 saturated carbocycles. The predicted molar refractivity (Wildman–Crippen MR) is 117 cm³/mol. The van der Waals surface area contributed by atoms with E-state index in [2.05, 4.69) is 52.3 Å². The van der Waals surface area contributed by atoms with Gasteiger partial charge in [0.2, 0.25) is 10.0 Å². The first kappa shape index (κ1) is 19.6. The normalized spacial score (nSPS) is 18.7. The van der Waals surface area contributed by atoms with Gasteiger partial charge >= 0.3 is 0 Å². The fraction of sp³-hybridized carbons (Fsp3) is 0.391. The van der Waals surface area contributed by atoms with Crippen LogP contribution in [0.1, 0.15) is 41.1 Å². The largest absolute Gasteiger partial charge is 0.291 e. The maximum absolute atomic E-state index is 11.7. The quantitative estimate of drug-likeness (QED) is 0.646. The first-order valence-corrected chi connectivity index (χ1v) is 12.3. The molecule has 1 fully saturated rings. The summed E-state index contributed by atoms with van der Waals surface area (Å²) in [7, 11) is -3.11. The maximum Gasteiger partial charge on any atom is 0.211 e. The Morgan fingerprint density at radius 1 is 1.00 bits per heavy atom. The predicted octanol–water partition coefficient (Wildman–Crippen LogP) is 3.28. The Balaban J connectivity index is 1.28. The molecule has 0 amide bonds. The fourth-order valence-corrected chi connectivity index (χ4v) is 5.50. The number of rotatable bonds is 4. The molecule has 0 aliphatic carbocycles. The van der Waals surface area contributed by atoms with Crippen molar-refractivity contribution in [3.05, 3.63) is 71.0 Å². The molecular formula is C23H26N4O2S. The van der Waals surface area contributed by atoms with E-state index >= 15 is 0 Å². The van der Waals surface area contributed by atoms with E-state index in [4.69, 9.17) is 4.98 Å². The highest BCUT2D eigenvalue weighted by atomic mass is 32.2. The summed E-state index contributed by atoms with van der Waals surface area (Å²) >= 11 is 0. The Morgan fingerprint density at radius 3 is 2.37 bits per heavy atom. The lowest BCUT2D eigenvalue weighted by molar-refractivity contribution is 0.275. The number of nitrogens with zero attached hydrogens (tertiary/aromatic N) is 4. The van der Waals surface area contributed by atoms with Gasteiger partial charge in [0.05, 0.1) is 23.0 Å². The molecule has 0 radical (unpaired) electrons. The van der Waals surface area contributed by atoms with Crippen LogP contribution in [0.15, 0.2) is 48.7 Å². The number of hydrogen-bond acceptors (Lipinski definition) is 5. The molecule has 0 unspecified atom stereocenters. The fourth-order valence-electron chi connectivity index (χ4n) is 4.62. The number of aromatic nitrogens is 2. The third-order valence-electron chi connectivity index (χ3n) is 6.28. The average molecular weight is 423 g/mol. The van der Waals surface area contributed by atoms with E-state index in [1.54, 1.807) is 4.31 Å². The summed E-state index contributed by atoms with van der Waals surface area (Å²) in [5, 5.41) is 0. The van der Waals surface area contributed by atoms with Gasteiger partial charge in [-0.2, -0.15) is 0 Å². The monoisotopic (exact) mass is 422 g/mol. The van der Waals surface area contributed by atoms with Gasteiger partial charge in [-0.05, 0) is 41.7 Å². The minimum atomic E-state index is -3.11. The van der Waals surface area contributed by atoms with Crippen molar-refractivity contribution in [2.45, 2.75) is 38.4 Å². The molecular weight excluding hydrogens is 396 g/mol. The van der Waals surface area contributed by atoms with Crippen LogP contribution in [0.5, 0.6) is 0 Å². The zero-order chi connectivity index (χ0) is 20.7. The second-order valence-corrected chi connectivity index (χ2v) is 10.5. The number of sulfonamides is 1. The third-order valence-corrected chi connectivity index (χ3v) is 7.58. The lowest BCUT2D eigenvalue weighted by atomic mass is 9.95. The van der Waals surface area contributed by atoms with Gasteiger partial charge in [0, 0.05) is 44.8 Å². The number of fused-ring (bicyclic) bond motifs is 2. The molecule has 156 valence electrons. The standard InChI is InChI=1S/C23H26N4O2S/c1-30(28,29)27-10-8-18(9-11-27)23-13-24-22-12-17(6-7-21(22)25-23)14-26-15-19-4-2-3-5-20(19)16-26/h2-7,12-13,18H,8-11,14-16H2,1H3. The summed E-state index contributed by atoms with van der Waals surface area (Å²) in [6, 6.07) is 15.0. The van der Waals surface area contributed by atoms with Crippen LogP contribution < -0.4 is 0 Å². The van der Waals surface area contributed by atoms with Gasteiger partial charge in [-0.15, -0.1) is 0 Å². The molecule has 0 atom stereocenters. The highest BCUT2D eigenvalue weighted by Gasteiger charge is 2.27. The van der Waals surface area contributed by atoms with Crippen molar-refractivity contribution in [1.82, 2.24) is 19.2 Å². The molecule has 0 spiro atoms. The molecule has 7 heteroatoms. The second kappa shape index (κ2) is 7.72. The summed E-state index contributed by atoms with van der Waals surface area (Å²) in [4.78, 5) is 12.0. The Morgan fingerprint density at radius 2 is 1.70 bits per heavy atom. The molecule has 1 aromatic heterocycles. The first-order valence-electron chi connectivity index (χ1n) is 10.5. The number of piperidine rings is 1. The highest BCUT2D eigenvalue weighted by Crippen LogP contribution is 2.29. The van der Waals surface area contributed by atoms with Gasteiger partial charge in [-0.25, -0.2) is 17.7 Å². The molecule has 5 rings (SSSR count). The van der Waals surface area contributed by atoms with Crippen molar-refractivity contribution in [1.29, 1.82) is 0 Å². The van der Waals surface area contributed by atoms with Gasteiger partial charge in [-0.3, -0.25) is 9.88 Å². The van der Waals surface area contributed by atoms with Crippen molar-refractivity contribution in [2.24, 2.45) is 0 Å². The summed E-state index contributed by atoms with van der Waals surface area (Å²) in [6.45, 7) is 3.99. The van der Waals surface area contributed by atoms with Crippen LogP contribution in [0.2, 0.25) is 0 Å². The maximum atomic E-state index is 11.7. The van der Waals surface area contributed by atoms with Crippen LogP contribution in [0.3, 0.4) is 0 Å². The number of hydrogen-bond donors (Lipinski definition) is 0. The summed E-state index contributed by atoms with van der Waals surface area (Å²) < 4.78 is 25.0. The van der Waals surface area contributed by atoms with Crippen molar-refractivity contribution >= 4 is 21.1 Å². The Hall–Kier alpha value is -2.35. The molecule has 3 heterocycles. The van der Waals surface area contributed by atoms with Crippen molar-refractivity contribution in [2.75, 3.05) is 19.3 Å². The van der Waals surface area contributed by atoms with E-state index in [1.165, 1.54) is 22.9 Å². The molecule has 30 heavy (non-hydrogen) atoms. The molecule has 2 aliphatic rings. The van der Waals surface area contributed by atoms with Crippen molar-refractivity contribution < 1.29 is 8.42 Å². The lowest BCUT2D eigenvalue weighted by Gasteiger charge is -2.29. The minimum Gasteiger partial charge on any atom is -0.291 e. The summed E-state index contributed by atoms with van der Waals surface area (Å²) in [6.07, 6.45) is 4.74. The van der Waals surface area contributed by atoms with Crippen LogP contribution in [-0.4, -0.2) is 46.9 Å². The topological polar surface area (TPSA) is 66.4 Å². The molecule has 2 aliphatic heterocycles. The van der Waals surface area contributed by atoms with Crippen LogP contribution in [0.4, 0.5) is 0 Å². The summed E-state index contributed by atoms with van der Waals surface area (Å²) in [5.41, 5.74) is 6.89. The summed E-state index contributed by atoms with van der Waals surface area (Å²) in [5.74, 6) is 0.266. The Kier molecular flexibility index (Phi) is 5.05. The molecule has 6 nitrogen and oxygen atoms in total. The Labute approximate surface area is 177 Å². The first-order chi connectivity index (χ1) is 14.5. The molecule has 3 aromatic rings. The zero-order valence-electron chi connectivity index (χ0n) is 17.2. The van der Waals surface area contributed by atoms with Gasteiger partial charge < -0.3 is 0 Å². The van der Waals surface area contributed by atoms with Crippen molar-refractivity contribution in [3.8, 4) is 0 Å². The Bertz CT molecular complexity index is 1160. The van der Waals surface area contributed by atoms with Crippen molar-refractivity contribution in [3.63, 3.8) is 0 Å². The van der Waals surface area contributed by atoms with Crippen LogP contribution in [-0.2, 0) is 29.7 Å². The van der Waals surface area contributed by atoms with E-state index in [0.717, 1.165) is 49.2 Å². The van der Waals surface area contributed by atoms with Gasteiger partial charge in [-0.1, -0.05) is 30.3 Å². The zero-order valence-corrected chi connectivity index (χ0v) is 18.0. The smallest absolute Gasteiger partial charge is 0.211 e. The van der Waals surface area contributed by atoms with E-state index in [9.17, 15) is 8.42 Å². The molecule has 1 saturated heterocycles. The highest BCUT2D eigenvalue weighted by molar-refractivity contribution is 7.88. The average Bonchev–Trinajstić information content (AvgIpc) is 3.15. The van der Waals surface area contributed by atoms with Gasteiger partial charge in [0.15, 0.2) is 0 Å². The second-order valence-electron chi connectivity index (χ2n) is 8.47. The van der Waals surface area contributed by atoms with E-state index in [1.807, 2.05) is 6.20 Å². The van der Waals surface area contributed by atoms with E-state index in [-0.39, 0.29) is 5.92 Å². The molecule has 0 N–H and O–H groups in total. The van der Waals surface area contributed by atoms with Crippen LogP contribution >= 0.6 is 0 Å².